The number of nitrogens with zero attached hydrogens (tertiary/aromatic N) is 1. The smallest absolute Gasteiger partial charge is 0.326 e. The second kappa shape index (κ2) is 10.5. The first kappa shape index (κ1) is 22.8. The zero-order valence-corrected chi connectivity index (χ0v) is 19.1. The van der Waals surface area contributed by atoms with Crippen molar-refractivity contribution in [3.63, 3.8) is 0 Å². The minimum absolute atomic E-state index is 0.199. The van der Waals surface area contributed by atoms with Crippen LogP contribution < -0.4 is 9.47 Å². The lowest BCUT2D eigenvalue weighted by atomic mass is 10.1. The van der Waals surface area contributed by atoms with E-state index in [1.807, 2.05) is 36.4 Å². The molecular formula is C23H23NO5S2. The van der Waals surface area contributed by atoms with E-state index >= 15 is 0 Å². The Morgan fingerprint density at radius 2 is 1.90 bits per heavy atom. The molecule has 0 saturated carbocycles. The number of carbonyl (C=O) groups excluding carboxylic acids is 2. The van der Waals surface area contributed by atoms with Gasteiger partial charge in [-0.25, -0.2) is 0 Å². The molecule has 1 aliphatic heterocycles. The van der Waals surface area contributed by atoms with Crippen LogP contribution in [0.3, 0.4) is 0 Å². The van der Waals surface area contributed by atoms with Crippen LogP contribution in [0, 0.1) is 0 Å². The van der Waals surface area contributed by atoms with Gasteiger partial charge in [0.05, 0.1) is 18.1 Å². The highest BCUT2D eigenvalue weighted by Gasteiger charge is 2.34. The van der Waals surface area contributed by atoms with Gasteiger partial charge in [-0.05, 0) is 43.2 Å². The summed E-state index contributed by atoms with van der Waals surface area (Å²) >= 11 is 6.42. The number of methoxy groups -OCH3 is 1. The van der Waals surface area contributed by atoms with E-state index in [9.17, 15) is 9.59 Å². The van der Waals surface area contributed by atoms with Gasteiger partial charge in [0.25, 0.3) is 5.91 Å². The predicted octanol–water partition coefficient (Wildman–Crippen LogP) is 4.43. The normalized spacial score (nSPS) is 15.0. The van der Waals surface area contributed by atoms with Gasteiger partial charge in [-0.3, -0.25) is 14.5 Å². The summed E-state index contributed by atoms with van der Waals surface area (Å²) in [5, 5.41) is 0. The second-order valence-electron chi connectivity index (χ2n) is 6.99. The molecule has 0 unspecified atom stereocenters. The minimum Gasteiger partial charge on any atom is -0.493 e. The number of rotatable bonds is 8. The molecule has 162 valence electrons. The molecule has 2 aromatic carbocycles. The quantitative estimate of drug-likeness (QED) is 0.330. The molecule has 0 aliphatic carbocycles. The first-order chi connectivity index (χ1) is 14.9. The van der Waals surface area contributed by atoms with Crippen LogP contribution in [0.2, 0.25) is 0 Å². The lowest BCUT2D eigenvalue weighted by Crippen LogP contribution is -2.35. The van der Waals surface area contributed by atoms with E-state index in [1.165, 1.54) is 4.90 Å². The first-order valence-electron chi connectivity index (χ1n) is 9.67. The van der Waals surface area contributed by atoms with Crippen molar-refractivity contribution in [2.45, 2.75) is 26.6 Å². The predicted molar refractivity (Wildman–Crippen MR) is 125 cm³/mol. The Bertz CT molecular complexity index is 1000. The topological polar surface area (TPSA) is 65.1 Å². The van der Waals surface area contributed by atoms with Crippen LogP contribution in [0.1, 0.15) is 25.0 Å². The number of esters is 1. The summed E-state index contributed by atoms with van der Waals surface area (Å²) in [6, 6.07) is 15.3. The molecule has 0 spiro atoms. The molecule has 31 heavy (non-hydrogen) atoms. The van der Waals surface area contributed by atoms with E-state index in [0.717, 1.165) is 22.9 Å². The number of thiocarbonyl (C=S) groups is 1. The second-order valence-corrected chi connectivity index (χ2v) is 8.67. The van der Waals surface area contributed by atoms with Crippen LogP contribution in [-0.2, 0) is 20.9 Å². The van der Waals surface area contributed by atoms with Crippen LogP contribution in [-0.4, -0.2) is 40.9 Å². The number of ether oxygens (including phenoxy) is 3. The highest BCUT2D eigenvalue weighted by atomic mass is 32.2. The largest absolute Gasteiger partial charge is 0.493 e. The Hall–Kier alpha value is -2.84. The van der Waals surface area contributed by atoms with Crippen LogP contribution in [0.25, 0.3) is 6.08 Å². The van der Waals surface area contributed by atoms with Gasteiger partial charge in [0, 0.05) is 0 Å². The van der Waals surface area contributed by atoms with Gasteiger partial charge in [0.15, 0.2) is 11.5 Å². The third kappa shape index (κ3) is 6.08. The lowest BCUT2D eigenvalue weighted by molar-refractivity contribution is -0.149. The number of hydrogen-bond acceptors (Lipinski definition) is 7. The summed E-state index contributed by atoms with van der Waals surface area (Å²) < 4.78 is 16.8. The van der Waals surface area contributed by atoms with Crippen LogP contribution in [0.4, 0.5) is 0 Å². The highest BCUT2D eigenvalue weighted by Crippen LogP contribution is 2.35. The molecule has 1 amide bonds. The fraction of sp³-hybridized carbons (Fsp3) is 0.261. The zero-order valence-electron chi connectivity index (χ0n) is 17.5. The van der Waals surface area contributed by atoms with Crippen LogP contribution in [0.15, 0.2) is 53.4 Å². The van der Waals surface area contributed by atoms with Gasteiger partial charge < -0.3 is 14.2 Å². The summed E-state index contributed by atoms with van der Waals surface area (Å²) in [4.78, 5) is 26.3. The van der Waals surface area contributed by atoms with Crippen molar-refractivity contribution in [3.8, 4) is 11.5 Å². The van der Waals surface area contributed by atoms with E-state index < -0.39 is 5.97 Å². The molecule has 0 aromatic heterocycles. The fourth-order valence-electron chi connectivity index (χ4n) is 2.85. The molecule has 1 heterocycles. The molecular weight excluding hydrogens is 434 g/mol. The molecule has 2 aromatic rings. The maximum atomic E-state index is 12.7. The van der Waals surface area contributed by atoms with Crippen molar-refractivity contribution in [3.05, 3.63) is 64.6 Å². The number of carbonyl (C=O) groups is 2. The standard InChI is InChI=1S/C23H23NO5S2/c1-15(2)29-21(25)13-24-22(26)20(31-23(24)30)12-17-9-10-18(19(11-17)27-3)28-14-16-7-5-4-6-8-16/h4-12,15H,13-14H2,1-3H3/b20-12-. The van der Waals surface area contributed by atoms with Gasteiger partial charge in [-0.15, -0.1) is 0 Å². The van der Waals surface area contributed by atoms with Crippen molar-refractivity contribution in [1.82, 2.24) is 4.90 Å². The van der Waals surface area contributed by atoms with Crippen LogP contribution >= 0.6 is 24.0 Å². The van der Waals surface area contributed by atoms with Crippen molar-refractivity contribution in [2.24, 2.45) is 0 Å². The molecule has 0 atom stereocenters. The van der Waals surface area contributed by atoms with Gasteiger partial charge in [0.1, 0.15) is 17.5 Å². The SMILES string of the molecule is COc1cc(/C=C2\SC(=S)N(CC(=O)OC(C)C)C2=O)ccc1OCc1ccccc1. The van der Waals surface area contributed by atoms with E-state index in [2.05, 4.69) is 0 Å². The lowest BCUT2D eigenvalue weighted by Gasteiger charge is -2.15. The summed E-state index contributed by atoms with van der Waals surface area (Å²) in [5.74, 6) is 0.348. The molecule has 8 heteroatoms. The van der Waals surface area contributed by atoms with Crippen molar-refractivity contribution >= 4 is 46.3 Å². The van der Waals surface area contributed by atoms with E-state index in [0.29, 0.717) is 27.3 Å². The summed E-state index contributed by atoms with van der Waals surface area (Å²) in [7, 11) is 1.56. The fourth-order valence-corrected chi connectivity index (χ4v) is 4.10. The summed E-state index contributed by atoms with van der Waals surface area (Å²) in [5.41, 5.74) is 1.81. The van der Waals surface area contributed by atoms with Gasteiger partial charge >= 0.3 is 5.97 Å². The maximum absolute atomic E-state index is 12.7. The Morgan fingerprint density at radius 1 is 1.16 bits per heavy atom. The molecule has 1 fully saturated rings. The third-order valence-corrected chi connectivity index (χ3v) is 5.63. The Kier molecular flexibility index (Phi) is 7.70. The van der Waals surface area contributed by atoms with Crippen molar-refractivity contribution in [2.75, 3.05) is 13.7 Å². The monoisotopic (exact) mass is 457 g/mol. The van der Waals surface area contributed by atoms with E-state index in [1.54, 1.807) is 39.2 Å². The summed E-state index contributed by atoms with van der Waals surface area (Å²) in [6.45, 7) is 3.73. The Morgan fingerprint density at radius 3 is 2.58 bits per heavy atom. The maximum Gasteiger partial charge on any atom is 0.326 e. The van der Waals surface area contributed by atoms with Crippen molar-refractivity contribution < 1.29 is 23.8 Å². The molecule has 3 rings (SSSR count). The average molecular weight is 458 g/mol. The van der Waals surface area contributed by atoms with E-state index in [-0.39, 0.29) is 18.6 Å². The number of thioether (sulfide) groups is 1. The number of hydrogen-bond donors (Lipinski definition) is 0. The highest BCUT2D eigenvalue weighted by molar-refractivity contribution is 8.26. The molecule has 1 aliphatic rings. The number of amides is 1. The molecule has 0 N–H and O–H groups in total. The molecule has 0 bridgehead atoms. The summed E-state index contributed by atoms with van der Waals surface area (Å²) in [6.07, 6.45) is 1.47. The van der Waals surface area contributed by atoms with Gasteiger partial charge in [0.2, 0.25) is 0 Å². The number of benzene rings is 2. The minimum atomic E-state index is -0.492. The Labute approximate surface area is 191 Å². The average Bonchev–Trinajstić information content (AvgIpc) is 3.00. The van der Waals surface area contributed by atoms with Crippen molar-refractivity contribution in [1.29, 1.82) is 0 Å². The zero-order chi connectivity index (χ0) is 22.4. The molecule has 1 saturated heterocycles. The first-order valence-corrected chi connectivity index (χ1v) is 10.9. The molecule has 0 radical (unpaired) electrons. The van der Waals surface area contributed by atoms with Gasteiger partial charge in [-0.2, -0.15) is 0 Å². The Balaban J connectivity index is 1.71. The van der Waals surface area contributed by atoms with E-state index in [4.69, 9.17) is 26.4 Å². The van der Waals surface area contributed by atoms with Gasteiger partial charge in [-0.1, -0.05) is 60.4 Å². The third-order valence-electron chi connectivity index (χ3n) is 4.25. The van der Waals surface area contributed by atoms with Crippen LogP contribution in [0.5, 0.6) is 11.5 Å². The molecule has 6 nitrogen and oxygen atoms in total.